The van der Waals surface area contributed by atoms with Crippen molar-refractivity contribution in [1.29, 1.82) is 0 Å². The van der Waals surface area contributed by atoms with Crippen molar-refractivity contribution in [1.82, 2.24) is 0 Å². The summed E-state index contributed by atoms with van der Waals surface area (Å²) in [5.41, 5.74) is -0.571. The molecule has 6 nitrogen and oxygen atoms in total. The molecule has 6 heteroatoms. The van der Waals surface area contributed by atoms with Gasteiger partial charge in [-0.15, -0.1) is 0 Å². The highest BCUT2D eigenvalue weighted by atomic mass is 16.5. The third-order valence-corrected chi connectivity index (χ3v) is 2.34. The van der Waals surface area contributed by atoms with Crippen LogP contribution in [0.25, 0.3) is 0 Å². The van der Waals surface area contributed by atoms with Gasteiger partial charge in [0.05, 0.1) is 5.56 Å². The Balaban J connectivity index is 3.48. The molecule has 0 saturated heterocycles. The first-order valence-electron chi connectivity index (χ1n) is 5.23. The van der Waals surface area contributed by atoms with Gasteiger partial charge in [-0.3, -0.25) is 0 Å². The van der Waals surface area contributed by atoms with Crippen molar-refractivity contribution in [3.8, 4) is 5.75 Å². The Morgan fingerprint density at radius 2 is 1.74 bits per heavy atom. The predicted molar refractivity (Wildman–Crippen MR) is 65.5 cm³/mol. The zero-order valence-electron chi connectivity index (χ0n) is 10.4. The van der Waals surface area contributed by atoms with Crippen molar-refractivity contribution in [2.24, 2.45) is 0 Å². The molecule has 0 amide bonds. The van der Waals surface area contributed by atoms with Crippen molar-refractivity contribution >= 4 is 17.9 Å². The fraction of sp³-hybridized carbons (Fsp3) is 0.154. The molecule has 0 fully saturated rings. The zero-order chi connectivity index (χ0) is 14.7. The Morgan fingerprint density at radius 1 is 1.16 bits per heavy atom. The molecule has 0 heterocycles. The van der Waals surface area contributed by atoms with Crippen LogP contribution in [0.5, 0.6) is 5.75 Å². The van der Waals surface area contributed by atoms with E-state index in [-0.39, 0.29) is 11.3 Å². The van der Waals surface area contributed by atoms with E-state index in [1.54, 1.807) is 0 Å². The van der Waals surface area contributed by atoms with Crippen LogP contribution in [0.4, 0.5) is 0 Å². The molecule has 0 aliphatic rings. The minimum Gasteiger partial charge on any atom is -0.478 e. The average Bonchev–Trinajstić information content (AvgIpc) is 2.30. The highest BCUT2D eigenvalue weighted by Gasteiger charge is 2.24. The van der Waals surface area contributed by atoms with Crippen molar-refractivity contribution in [2.75, 3.05) is 0 Å². The smallest absolute Gasteiger partial charge is 0.340 e. The quantitative estimate of drug-likeness (QED) is 0.489. The molecule has 0 saturated carbocycles. The molecule has 0 aliphatic heterocycles. The van der Waals surface area contributed by atoms with Crippen molar-refractivity contribution in [3.05, 3.63) is 41.0 Å². The minimum absolute atomic E-state index is 0.0801. The summed E-state index contributed by atoms with van der Waals surface area (Å²) < 4.78 is 4.91. The fourth-order valence-corrected chi connectivity index (χ4v) is 1.39. The average molecular weight is 264 g/mol. The molecule has 0 atom stereocenters. The van der Waals surface area contributed by atoms with Gasteiger partial charge in [0.15, 0.2) is 0 Å². The van der Waals surface area contributed by atoms with Crippen LogP contribution in [0, 0.1) is 6.92 Å². The van der Waals surface area contributed by atoms with Gasteiger partial charge < -0.3 is 14.9 Å². The second-order valence-corrected chi connectivity index (χ2v) is 3.91. The van der Waals surface area contributed by atoms with Crippen molar-refractivity contribution in [2.45, 2.75) is 13.8 Å². The van der Waals surface area contributed by atoms with E-state index >= 15 is 0 Å². The maximum Gasteiger partial charge on any atom is 0.340 e. The number of carbonyl (C=O) groups excluding carboxylic acids is 1. The van der Waals surface area contributed by atoms with Crippen LogP contribution in [0.15, 0.2) is 24.3 Å². The molecule has 0 bridgehead atoms. The largest absolute Gasteiger partial charge is 0.478 e. The number of carboxylic acids is 2. The predicted octanol–water partition coefficient (Wildman–Crippen LogP) is 1.87. The number of aryl methyl sites for hydroxylation is 1. The van der Waals surface area contributed by atoms with E-state index in [2.05, 4.69) is 6.58 Å². The summed E-state index contributed by atoms with van der Waals surface area (Å²) in [5, 5.41) is 18.0. The summed E-state index contributed by atoms with van der Waals surface area (Å²) in [6.45, 7) is 6.29. The molecule has 0 unspecified atom stereocenters. The first kappa shape index (κ1) is 14.4. The fourth-order valence-electron chi connectivity index (χ4n) is 1.39. The van der Waals surface area contributed by atoms with Gasteiger partial charge in [0, 0.05) is 5.57 Å². The summed E-state index contributed by atoms with van der Waals surface area (Å²) in [6, 6.07) is 2.52. The topological polar surface area (TPSA) is 101 Å². The van der Waals surface area contributed by atoms with Gasteiger partial charge in [-0.1, -0.05) is 12.6 Å². The number of esters is 1. The highest BCUT2D eigenvalue weighted by Crippen LogP contribution is 2.28. The van der Waals surface area contributed by atoms with Crippen molar-refractivity contribution < 1.29 is 29.3 Å². The van der Waals surface area contributed by atoms with Gasteiger partial charge >= 0.3 is 17.9 Å². The van der Waals surface area contributed by atoms with Crippen LogP contribution in [-0.4, -0.2) is 28.1 Å². The van der Waals surface area contributed by atoms with E-state index in [0.29, 0.717) is 5.56 Å². The van der Waals surface area contributed by atoms with Gasteiger partial charge in [0.25, 0.3) is 0 Å². The second kappa shape index (κ2) is 5.34. The van der Waals surface area contributed by atoms with Crippen LogP contribution < -0.4 is 4.74 Å². The van der Waals surface area contributed by atoms with E-state index < -0.39 is 29.0 Å². The highest BCUT2D eigenvalue weighted by molar-refractivity contribution is 6.05. The number of aromatic carboxylic acids is 2. The van der Waals surface area contributed by atoms with Crippen LogP contribution in [0.2, 0.25) is 0 Å². The molecule has 1 aromatic rings. The molecular weight excluding hydrogens is 252 g/mol. The lowest BCUT2D eigenvalue weighted by molar-refractivity contribution is -0.130. The maximum absolute atomic E-state index is 11.5. The number of hydrogen-bond donors (Lipinski definition) is 2. The van der Waals surface area contributed by atoms with E-state index in [1.807, 2.05) is 0 Å². The minimum atomic E-state index is -1.48. The molecule has 100 valence electrons. The van der Waals surface area contributed by atoms with Crippen LogP contribution >= 0.6 is 0 Å². The molecule has 19 heavy (non-hydrogen) atoms. The first-order chi connectivity index (χ1) is 8.75. The van der Waals surface area contributed by atoms with E-state index in [0.717, 1.165) is 6.07 Å². The summed E-state index contributed by atoms with van der Waals surface area (Å²) >= 11 is 0. The van der Waals surface area contributed by atoms with E-state index in [4.69, 9.17) is 14.9 Å². The third-order valence-electron chi connectivity index (χ3n) is 2.34. The molecule has 0 aromatic heterocycles. The molecular formula is C13H12O6. The summed E-state index contributed by atoms with van der Waals surface area (Å²) in [6.07, 6.45) is 0. The molecule has 1 aromatic carbocycles. The normalized spacial score (nSPS) is 9.79. The van der Waals surface area contributed by atoms with Gasteiger partial charge in [0.1, 0.15) is 11.3 Å². The Hall–Kier alpha value is -2.63. The lowest BCUT2D eigenvalue weighted by atomic mass is 10.0. The molecule has 0 aliphatic carbocycles. The number of hydrogen-bond acceptors (Lipinski definition) is 4. The van der Waals surface area contributed by atoms with Crippen LogP contribution in [-0.2, 0) is 4.79 Å². The Morgan fingerprint density at radius 3 is 2.16 bits per heavy atom. The van der Waals surface area contributed by atoms with Gasteiger partial charge in [-0.2, -0.15) is 0 Å². The maximum atomic E-state index is 11.5. The van der Waals surface area contributed by atoms with Gasteiger partial charge in [0.2, 0.25) is 0 Å². The lowest BCUT2D eigenvalue weighted by Gasteiger charge is -2.12. The van der Waals surface area contributed by atoms with Crippen LogP contribution in [0.3, 0.4) is 0 Å². The number of carboxylic acid groups (broad SMARTS) is 2. The summed E-state index contributed by atoms with van der Waals surface area (Å²) in [4.78, 5) is 33.6. The molecule has 0 spiro atoms. The zero-order valence-corrected chi connectivity index (χ0v) is 10.4. The number of rotatable bonds is 4. The Labute approximate surface area is 108 Å². The molecule has 0 radical (unpaired) electrons. The Bertz CT molecular complexity index is 585. The second-order valence-electron chi connectivity index (χ2n) is 3.91. The third kappa shape index (κ3) is 2.98. The molecule has 1 rings (SSSR count). The monoisotopic (exact) mass is 264 g/mol. The lowest BCUT2D eigenvalue weighted by Crippen LogP contribution is -2.16. The van der Waals surface area contributed by atoms with Gasteiger partial charge in [-0.25, -0.2) is 14.4 Å². The standard InChI is InChI=1S/C13H12O6/c1-6(2)13(18)19-10-7(3)4-5-8(11(14)15)9(10)12(16)17/h4-5H,1H2,2-3H3,(H,14,15)(H,16,17). The van der Waals surface area contributed by atoms with E-state index in [9.17, 15) is 14.4 Å². The number of carbonyl (C=O) groups is 3. The van der Waals surface area contributed by atoms with Crippen molar-refractivity contribution in [3.63, 3.8) is 0 Å². The Kier molecular flexibility index (Phi) is 4.06. The summed E-state index contributed by atoms with van der Waals surface area (Å²) in [7, 11) is 0. The number of benzene rings is 1. The first-order valence-corrected chi connectivity index (χ1v) is 5.23. The number of ether oxygens (including phenoxy) is 1. The molecule has 2 N–H and O–H groups in total. The van der Waals surface area contributed by atoms with Crippen LogP contribution in [0.1, 0.15) is 33.2 Å². The summed E-state index contributed by atoms with van der Waals surface area (Å²) in [5.74, 6) is -3.98. The van der Waals surface area contributed by atoms with Gasteiger partial charge in [-0.05, 0) is 25.5 Å². The SMILES string of the molecule is C=C(C)C(=O)Oc1c(C)ccc(C(=O)O)c1C(=O)O. The van der Waals surface area contributed by atoms with E-state index in [1.165, 1.54) is 19.9 Å².